The van der Waals surface area contributed by atoms with Crippen molar-refractivity contribution in [2.24, 2.45) is 0 Å². The van der Waals surface area contributed by atoms with Crippen molar-refractivity contribution in [3.8, 4) is 5.75 Å². The molecule has 0 spiro atoms. The van der Waals surface area contributed by atoms with Crippen LogP contribution in [-0.2, 0) is 0 Å². The summed E-state index contributed by atoms with van der Waals surface area (Å²) < 4.78 is 39.9. The lowest BCUT2D eigenvalue weighted by atomic mass is 9.95. The van der Waals surface area contributed by atoms with Gasteiger partial charge in [-0.1, -0.05) is 11.6 Å². The molecule has 0 bridgehead atoms. The summed E-state index contributed by atoms with van der Waals surface area (Å²) in [6, 6.07) is 3.02. The summed E-state index contributed by atoms with van der Waals surface area (Å²) in [5.74, 6) is -0.158. The zero-order chi connectivity index (χ0) is 12.3. The van der Waals surface area contributed by atoms with Crippen LogP contribution in [0.5, 0.6) is 5.75 Å². The lowest BCUT2D eigenvalue weighted by Gasteiger charge is -2.14. The molecule has 0 heterocycles. The van der Waals surface area contributed by atoms with Crippen molar-refractivity contribution in [2.45, 2.75) is 0 Å². The predicted octanol–water partition coefficient (Wildman–Crippen LogP) is 3.01. The van der Waals surface area contributed by atoms with E-state index < -0.39 is 18.4 Å². The van der Waals surface area contributed by atoms with Gasteiger partial charge in [0.05, 0.1) is 11.4 Å². The quantitative estimate of drug-likeness (QED) is 0.471. The molecule has 1 aromatic carbocycles. The minimum Gasteiger partial charge on any atom is -0.522 e. The van der Waals surface area contributed by atoms with Crippen LogP contribution < -0.4 is 4.74 Å². The lowest BCUT2D eigenvalue weighted by Crippen LogP contribution is -2.26. The van der Waals surface area contributed by atoms with Gasteiger partial charge in [-0.05, 0) is 6.07 Å². The summed E-state index contributed by atoms with van der Waals surface area (Å²) in [5, 5.41) is 10.1. The summed E-state index contributed by atoms with van der Waals surface area (Å²) >= 11 is 5.48. The molecule has 16 heavy (non-hydrogen) atoms. The van der Waals surface area contributed by atoms with E-state index in [1.54, 1.807) is 0 Å². The van der Waals surface area contributed by atoms with Gasteiger partial charge in [0.25, 0.3) is 5.69 Å². The minimum absolute atomic E-state index is 0.158. The van der Waals surface area contributed by atoms with Crippen molar-refractivity contribution in [1.29, 1.82) is 0 Å². The van der Waals surface area contributed by atoms with Crippen LogP contribution in [0.15, 0.2) is 18.2 Å². The van der Waals surface area contributed by atoms with Crippen LogP contribution in [0.25, 0.3) is 0 Å². The first-order valence-corrected chi connectivity index (χ1v) is 4.45. The maximum absolute atomic E-state index is 11.8. The fourth-order valence-electron chi connectivity index (χ4n) is 0.916. The van der Waals surface area contributed by atoms with Crippen LogP contribution in [0.1, 0.15) is 0 Å². The van der Waals surface area contributed by atoms with Gasteiger partial charge in [0.15, 0.2) is 0 Å². The molecule has 0 aliphatic carbocycles. The largest absolute Gasteiger partial charge is 0.522 e. The van der Waals surface area contributed by atoms with Gasteiger partial charge in [0, 0.05) is 12.1 Å². The maximum Gasteiger partial charge on any atom is 0.515 e. The number of hydrogen-bond acceptors (Lipinski definition) is 3. The lowest BCUT2D eigenvalue weighted by molar-refractivity contribution is -0.384. The number of nitro benzene ring substituents is 1. The van der Waals surface area contributed by atoms with E-state index in [4.69, 9.17) is 11.6 Å². The molecule has 0 atom stereocenters. The van der Waals surface area contributed by atoms with E-state index in [0.29, 0.717) is 0 Å². The van der Waals surface area contributed by atoms with E-state index in [1.807, 2.05) is 0 Å². The van der Waals surface area contributed by atoms with Crippen LogP contribution in [0.3, 0.4) is 0 Å². The Balaban J connectivity index is 2.78. The highest BCUT2D eigenvalue weighted by Gasteiger charge is 2.24. The average Bonchev–Trinajstić information content (AvgIpc) is 2.13. The Bertz CT molecular complexity index is 412. The Labute approximate surface area is 93.2 Å². The molecule has 88 valence electrons. The molecule has 1 aromatic rings. The molecule has 9 heteroatoms. The number of nitrogens with zero attached hydrogens (tertiary/aromatic N) is 1. The topological polar surface area (TPSA) is 52.4 Å². The molecule has 0 aliphatic heterocycles. The fraction of sp³-hybridized carbons (Fsp3) is 0.143. The monoisotopic (exact) mass is 254 g/mol. The number of ether oxygens (including phenoxy) is 1. The molecule has 0 radical (unpaired) electrons. The van der Waals surface area contributed by atoms with Crippen molar-refractivity contribution >= 4 is 24.3 Å². The van der Waals surface area contributed by atoms with E-state index in [-0.39, 0.29) is 16.5 Å². The van der Waals surface area contributed by atoms with Crippen LogP contribution in [0.2, 0.25) is 5.02 Å². The van der Waals surface area contributed by atoms with E-state index in [9.17, 15) is 23.1 Å². The minimum atomic E-state index is -5.06. The summed E-state index contributed by atoms with van der Waals surface area (Å²) in [6.07, 6.45) is 0. The molecule has 0 saturated heterocycles. The molecule has 0 aliphatic rings. The third kappa shape index (κ3) is 3.61. The number of benzene rings is 1. The molecule has 0 fully saturated rings. The third-order valence-electron chi connectivity index (χ3n) is 1.55. The van der Waals surface area contributed by atoms with Gasteiger partial charge in [-0.25, -0.2) is 0 Å². The Morgan fingerprint density at radius 2 is 2.06 bits per heavy atom. The second-order valence-corrected chi connectivity index (χ2v) is 3.30. The van der Waals surface area contributed by atoms with Crippen molar-refractivity contribution in [3.05, 3.63) is 33.3 Å². The van der Waals surface area contributed by atoms with Gasteiger partial charge in [-0.15, -0.1) is 0 Å². The zero-order valence-corrected chi connectivity index (χ0v) is 8.46. The second-order valence-electron chi connectivity index (χ2n) is 2.89. The van der Waals surface area contributed by atoms with E-state index in [1.165, 1.54) is 0 Å². The van der Waals surface area contributed by atoms with Gasteiger partial charge < -0.3 is 17.7 Å². The van der Waals surface area contributed by atoms with Crippen LogP contribution in [0, 0.1) is 10.1 Å². The van der Waals surface area contributed by atoms with Crippen molar-refractivity contribution in [3.63, 3.8) is 0 Å². The molecule has 0 unspecified atom stereocenters. The maximum atomic E-state index is 11.8. The molecule has 1 rings (SSSR count). The molecule has 0 N–H and O–H groups in total. The summed E-state index contributed by atoms with van der Waals surface area (Å²) in [4.78, 5) is 9.62. The van der Waals surface area contributed by atoms with Gasteiger partial charge >= 0.3 is 6.98 Å². The number of halogens is 4. The Hall–Kier alpha value is -1.44. The average molecular weight is 254 g/mol. The molecular formula is C7H5BClF3NO3-. The van der Waals surface area contributed by atoms with Crippen LogP contribution >= 0.6 is 11.6 Å². The van der Waals surface area contributed by atoms with Crippen LogP contribution in [-0.4, -0.2) is 18.4 Å². The number of nitro groups is 1. The normalized spacial score (nSPS) is 11.2. The third-order valence-corrected chi connectivity index (χ3v) is 1.86. The molecule has 4 nitrogen and oxygen atoms in total. The number of hydrogen-bond donors (Lipinski definition) is 0. The number of rotatable bonds is 4. The first-order valence-electron chi connectivity index (χ1n) is 4.07. The first kappa shape index (κ1) is 12.6. The highest BCUT2D eigenvalue weighted by Crippen LogP contribution is 2.28. The molecular weight excluding hydrogens is 249 g/mol. The molecule has 0 saturated carbocycles. The standard InChI is InChI=1S/C7H5BClF3NO3/c9-6-3-5(16-4-8(10,11)12)1-2-7(6)13(14)15/h1-3H,4H2/q-1. The highest BCUT2D eigenvalue weighted by molar-refractivity contribution is 6.58. The van der Waals surface area contributed by atoms with Gasteiger partial charge in [0.2, 0.25) is 0 Å². The molecule has 0 amide bonds. The smallest absolute Gasteiger partial charge is 0.515 e. The summed E-state index contributed by atoms with van der Waals surface area (Å²) in [6.45, 7) is -6.47. The van der Waals surface area contributed by atoms with Crippen LogP contribution in [0.4, 0.5) is 18.6 Å². The predicted molar refractivity (Wildman–Crippen MR) is 52.7 cm³/mol. The zero-order valence-electron chi connectivity index (χ0n) is 7.70. The van der Waals surface area contributed by atoms with Crippen molar-refractivity contribution < 1.29 is 22.6 Å². The van der Waals surface area contributed by atoms with Gasteiger partial charge in [-0.3, -0.25) is 10.1 Å². The molecule has 0 aromatic heterocycles. The Kier molecular flexibility index (Phi) is 3.64. The SMILES string of the molecule is O=[N+]([O-])c1ccc(OC[B-](F)(F)F)cc1Cl. The Morgan fingerprint density at radius 3 is 2.50 bits per heavy atom. The van der Waals surface area contributed by atoms with Crippen molar-refractivity contribution in [1.82, 2.24) is 0 Å². The van der Waals surface area contributed by atoms with Crippen molar-refractivity contribution in [2.75, 3.05) is 6.51 Å². The van der Waals surface area contributed by atoms with Gasteiger partial charge in [0.1, 0.15) is 10.8 Å². The first-order chi connectivity index (χ1) is 7.29. The van der Waals surface area contributed by atoms with E-state index in [2.05, 4.69) is 4.74 Å². The van der Waals surface area contributed by atoms with Gasteiger partial charge in [-0.2, -0.15) is 0 Å². The second kappa shape index (κ2) is 4.61. The summed E-state index contributed by atoms with van der Waals surface area (Å²) in [5.41, 5.74) is -0.383. The fourth-order valence-corrected chi connectivity index (χ4v) is 1.16. The van der Waals surface area contributed by atoms with E-state index in [0.717, 1.165) is 18.2 Å². The Morgan fingerprint density at radius 1 is 1.44 bits per heavy atom. The van der Waals surface area contributed by atoms with E-state index >= 15 is 0 Å². The highest BCUT2D eigenvalue weighted by atomic mass is 35.5. The summed E-state index contributed by atoms with van der Waals surface area (Å²) in [7, 11) is 0.